The summed E-state index contributed by atoms with van der Waals surface area (Å²) in [5.41, 5.74) is -0.776. The highest BCUT2D eigenvalue weighted by molar-refractivity contribution is 14.1. The average molecular weight is 376 g/mol. The number of phenolic OH excluding ortho intramolecular Hbond substituents is 1. The highest BCUT2D eigenvalue weighted by Crippen LogP contribution is 2.37. The zero-order chi connectivity index (χ0) is 14.2. The summed E-state index contributed by atoms with van der Waals surface area (Å²) < 4.78 is 14.9. The molecule has 1 N–H and O–H groups in total. The molecule has 2 rings (SSSR count). The second-order valence-corrected chi connectivity index (χ2v) is 4.76. The highest BCUT2D eigenvalue weighted by Gasteiger charge is 2.19. The molecular formula is C12H9IO6. The molecule has 0 amide bonds. The van der Waals surface area contributed by atoms with Gasteiger partial charge in [0.25, 0.3) is 0 Å². The average Bonchev–Trinajstić information content (AvgIpc) is 2.39. The number of fused-ring (bicyclic) bond motifs is 1. The summed E-state index contributed by atoms with van der Waals surface area (Å²) in [6, 6.07) is 2.92. The number of esters is 1. The first-order valence-electron chi connectivity index (χ1n) is 5.11. The fourth-order valence-electron chi connectivity index (χ4n) is 1.68. The molecule has 0 aliphatic rings. The lowest BCUT2D eigenvalue weighted by atomic mass is 10.1. The number of methoxy groups -OCH3 is 2. The molecule has 0 saturated carbocycles. The van der Waals surface area contributed by atoms with Crippen LogP contribution in [0.25, 0.3) is 10.8 Å². The SMILES string of the molecule is COC(=O)c1cc2cc(I)c(O)c(OC)c2c(=O)o1. The van der Waals surface area contributed by atoms with Crippen molar-refractivity contribution in [2.24, 2.45) is 0 Å². The smallest absolute Gasteiger partial charge is 0.374 e. The lowest BCUT2D eigenvalue weighted by molar-refractivity contribution is 0.0560. The Morgan fingerprint density at radius 1 is 1.37 bits per heavy atom. The quantitative estimate of drug-likeness (QED) is 0.637. The lowest BCUT2D eigenvalue weighted by Gasteiger charge is -2.09. The summed E-state index contributed by atoms with van der Waals surface area (Å²) in [7, 11) is 2.52. The van der Waals surface area contributed by atoms with E-state index in [1.54, 1.807) is 6.07 Å². The van der Waals surface area contributed by atoms with Crippen molar-refractivity contribution >= 4 is 39.3 Å². The molecule has 100 valence electrons. The van der Waals surface area contributed by atoms with Gasteiger partial charge in [-0.15, -0.1) is 0 Å². The van der Waals surface area contributed by atoms with E-state index in [1.165, 1.54) is 20.3 Å². The summed E-state index contributed by atoms with van der Waals surface area (Å²) in [5, 5.41) is 10.3. The Labute approximate surface area is 121 Å². The molecule has 2 aromatic rings. The number of hydrogen-bond acceptors (Lipinski definition) is 6. The Balaban J connectivity index is 2.88. The van der Waals surface area contributed by atoms with E-state index in [0.29, 0.717) is 8.96 Å². The van der Waals surface area contributed by atoms with Crippen LogP contribution in [0.2, 0.25) is 0 Å². The fraction of sp³-hybridized carbons (Fsp3) is 0.167. The van der Waals surface area contributed by atoms with Crippen LogP contribution >= 0.6 is 22.6 Å². The largest absolute Gasteiger partial charge is 0.504 e. The van der Waals surface area contributed by atoms with Crippen molar-refractivity contribution in [2.75, 3.05) is 14.2 Å². The summed E-state index contributed by atoms with van der Waals surface area (Å²) in [6.07, 6.45) is 0. The second-order valence-electron chi connectivity index (χ2n) is 3.59. The number of halogens is 1. The Kier molecular flexibility index (Phi) is 3.65. The molecule has 0 spiro atoms. The number of phenols is 1. The molecule has 0 atom stereocenters. The molecule has 0 fully saturated rings. The molecule has 1 aromatic heterocycles. The van der Waals surface area contributed by atoms with E-state index in [4.69, 9.17) is 9.15 Å². The van der Waals surface area contributed by atoms with E-state index < -0.39 is 11.6 Å². The Hall–Kier alpha value is -1.77. The zero-order valence-electron chi connectivity index (χ0n) is 10.0. The normalized spacial score (nSPS) is 10.5. The summed E-state index contributed by atoms with van der Waals surface area (Å²) in [5.74, 6) is -1.08. The molecule has 1 heterocycles. The third-order valence-electron chi connectivity index (χ3n) is 2.52. The van der Waals surface area contributed by atoms with Crippen LogP contribution < -0.4 is 10.4 Å². The van der Waals surface area contributed by atoms with Crippen LogP contribution in [0.5, 0.6) is 11.5 Å². The van der Waals surface area contributed by atoms with Gasteiger partial charge >= 0.3 is 11.6 Å². The third-order valence-corrected chi connectivity index (χ3v) is 3.35. The highest BCUT2D eigenvalue weighted by atomic mass is 127. The zero-order valence-corrected chi connectivity index (χ0v) is 12.2. The van der Waals surface area contributed by atoms with Crippen LogP contribution in [0.4, 0.5) is 0 Å². The molecule has 1 aromatic carbocycles. The van der Waals surface area contributed by atoms with Crippen molar-refractivity contribution in [1.82, 2.24) is 0 Å². The monoisotopic (exact) mass is 376 g/mol. The van der Waals surface area contributed by atoms with Gasteiger partial charge in [0.1, 0.15) is 5.39 Å². The van der Waals surface area contributed by atoms with Gasteiger partial charge in [0, 0.05) is 0 Å². The standard InChI is InChI=1S/C12H9IO6/c1-17-10-8-5(3-6(13)9(10)14)4-7(11(15)18-2)19-12(8)16/h3-4,14H,1-2H3. The van der Waals surface area contributed by atoms with Gasteiger partial charge < -0.3 is 19.0 Å². The van der Waals surface area contributed by atoms with Gasteiger partial charge in [-0.2, -0.15) is 0 Å². The minimum Gasteiger partial charge on any atom is -0.504 e. The van der Waals surface area contributed by atoms with Crippen molar-refractivity contribution < 1.29 is 23.8 Å². The van der Waals surface area contributed by atoms with Crippen molar-refractivity contribution in [3.8, 4) is 11.5 Å². The number of aromatic hydroxyl groups is 1. The second kappa shape index (κ2) is 5.08. The molecule has 0 unspecified atom stereocenters. The molecule has 0 radical (unpaired) electrons. The molecular weight excluding hydrogens is 367 g/mol. The minimum absolute atomic E-state index is 0.0204. The maximum absolute atomic E-state index is 11.9. The fourth-order valence-corrected chi connectivity index (χ4v) is 2.26. The Bertz CT molecular complexity index is 718. The number of hydrogen-bond donors (Lipinski definition) is 1. The number of benzene rings is 1. The maximum Gasteiger partial charge on any atom is 0.374 e. The van der Waals surface area contributed by atoms with E-state index >= 15 is 0 Å². The van der Waals surface area contributed by atoms with Crippen LogP contribution in [0, 0.1) is 3.57 Å². The van der Waals surface area contributed by atoms with E-state index in [-0.39, 0.29) is 22.6 Å². The van der Waals surface area contributed by atoms with E-state index in [2.05, 4.69) is 4.74 Å². The molecule has 0 saturated heterocycles. The molecule has 6 nitrogen and oxygen atoms in total. The Morgan fingerprint density at radius 3 is 2.63 bits per heavy atom. The number of ether oxygens (including phenoxy) is 2. The van der Waals surface area contributed by atoms with Crippen LogP contribution in [0.15, 0.2) is 21.3 Å². The number of rotatable bonds is 2. The van der Waals surface area contributed by atoms with Gasteiger partial charge in [0.2, 0.25) is 5.76 Å². The van der Waals surface area contributed by atoms with Gasteiger partial charge in [-0.25, -0.2) is 9.59 Å². The van der Waals surface area contributed by atoms with Gasteiger partial charge in [-0.05, 0) is 40.1 Å². The Morgan fingerprint density at radius 2 is 2.05 bits per heavy atom. The van der Waals surface area contributed by atoms with Crippen LogP contribution in [-0.4, -0.2) is 25.3 Å². The molecule has 0 bridgehead atoms. The summed E-state index contributed by atoms with van der Waals surface area (Å²) in [6.45, 7) is 0. The van der Waals surface area contributed by atoms with Crippen molar-refractivity contribution in [3.05, 3.63) is 31.9 Å². The van der Waals surface area contributed by atoms with E-state index in [0.717, 1.165) is 0 Å². The lowest BCUT2D eigenvalue weighted by Crippen LogP contribution is -2.09. The predicted octanol–water partition coefficient (Wildman–Crippen LogP) is 1.90. The number of carbonyl (C=O) groups is 1. The molecule has 19 heavy (non-hydrogen) atoms. The van der Waals surface area contributed by atoms with Crippen LogP contribution in [0.1, 0.15) is 10.6 Å². The summed E-state index contributed by atoms with van der Waals surface area (Å²) >= 11 is 1.89. The molecule has 0 aliphatic carbocycles. The topological polar surface area (TPSA) is 86.0 Å². The van der Waals surface area contributed by atoms with Gasteiger partial charge in [-0.1, -0.05) is 0 Å². The molecule has 0 aliphatic heterocycles. The van der Waals surface area contributed by atoms with E-state index in [1.807, 2.05) is 22.6 Å². The predicted molar refractivity (Wildman–Crippen MR) is 74.8 cm³/mol. The maximum atomic E-state index is 11.9. The van der Waals surface area contributed by atoms with Gasteiger partial charge in [-0.3, -0.25) is 0 Å². The van der Waals surface area contributed by atoms with Crippen molar-refractivity contribution in [2.45, 2.75) is 0 Å². The van der Waals surface area contributed by atoms with Crippen LogP contribution in [0.3, 0.4) is 0 Å². The van der Waals surface area contributed by atoms with Crippen LogP contribution in [-0.2, 0) is 4.74 Å². The van der Waals surface area contributed by atoms with Crippen molar-refractivity contribution in [1.29, 1.82) is 0 Å². The molecule has 7 heteroatoms. The third kappa shape index (κ3) is 2.25. The number of carbonyl (C=O) groups excluding carboxylic acids is 1. The van der Waals surface area contributed by atoms with Crippen molar-refractivity contribution in [3.63, 3.8) is 0 Å². The minimum atomic E-state index is -0.776. The van der Waals surface area contributed by atoms with Gasteiger partial charge in [0.15, 0.2) is 11.5 Å². The van der Waals surface area contributed by atoms with Gasteiger partial charge in [0.05, 0.1) is 17.8 Å². The first kappa shape index (κ1) is 13.7. The first-order valence-corrected chi connectivity index (χ1v) is 6.19. The summed E-state index contributed by atoms with van der Waals surface area (Å²) in [4.78, 5) is 23.3. The van der Waals surface area contributed by atoms with E-state index in [9.17, 15) is 14.7 Å². The first-order chi connectivity index (χ1) is 8.99.